The molecule has 2 N–H and O–H groups in total. The van der Waals surface area contributed by atoms with Crippen LogP contribution in [0.15, 0.2) is 82.4 Å². The van der Waals surface area contributed by atoms with Gasteiger partial charge in [-0.05, 0) is 55.5 Å². The zero-order valence-electron chi connectivity index (χ0n) is 20.6. The Morgan fingerprint density at radius 1 is 0.923 bits per heavy atom. The first kappa shape index (κ1) is 29.3. The van der Waals surface area contributed by atoms with Crippen molar-refractivity contribution in [2.45, 2.75) is 31.4 Å². The lowest BCUT2D eigenvalue weighted by atomic mass is 9.78. The molecule has 2 amide bonds. The van der Waals surface area contributed by atoms with Gasteiger partial charge in [0, 0.05) is 17.0 Å². The van der Waals surface area contributed by atoms with Crippen LogP contribution in [-0.4, -0.2) is 42.5 Å². The second kappa shape index (κ2) is 11.6. The molecular formula is C26H23F6N3O4. The van der Waals surface area contributed by atoms with E-state index in [2.05, 4.69) is 10.3 Å². The fraction of sp³-hybridized carbons (Fsp3) is 0.269. The summed E-state index contributed by atoms with van der Waals surface area (Å²) in [6.07, 6.45) is -11.2. The lowest BCUT2D eigenvalue weighted by Crippen LogP contribution is -2.74. The smallest absolute Gasteiger partial charge is 0.421 e. The fourth-order valence-electron chi connectivity index (χ4n) is 3.83. The van der Waals surface area contributed by atoms with Gasteiger partial charge in [0.1, 0.15) is 17.4 Å². The van der Waals surface area contributed by atoms with Crippen LogP contribution in [0.4, 0.5) is 32.0 Å². The molecule has 0 saturated carbocycles. The molecule has 0 spiro atoms. The maximum atomic E-state index is 14.7. The Bertz CT molecular complexity index is 1270. The number of methoxy groups -OCH3 is 1. The van der Waals surface area contributed by atoms with Crippen LogP contribution in [0.3, 0.4) is 0 Å². The van der Waals surface area contributed by atoms with Gasteiger partial charge in [-0.15, -0.1) is 0 Å². The summed E-state index contributed by atoms with van der Waals surface area (Å²) in [4.78, 5) is 30.0. The Morgan fingerprint density at radius 2 is 1.54 bits per heavy atom. The van der Waals surface area contributed by atoms with Crippen LogP contribution < -0.4 is 15.4 Å². The summed E-state index contributed by atoms with van der Waals surface area (Å²) in [6, 6.07) is 14.2. The number of furan rings is 1. The number of benzene rings is 2. The number of hydrogen-bond donors (Lipinski definition) is 2. The number of amides is 2. The molecule has 13 heteroatoms. The molecule has 0 aliphatic heterocycles. The summed E-state index contributed by atoms with van der Waals surface area (Å²) in [5.41, 5.74) is -6.50. The number of carbonyl (C=O) groups excluding carboxylic acids is 2. The third-order valence-corrected chi connectivity index (χ3v) is 5.78. The molecule has 0 unspecified atom stereocenters. The number of carbonyl (C=O) groups is 2. The quantitative estimate of drug-likeness (QED) is 0.258. The highest BCUT2D eigenvalue weighted by molar-refractivity contribution is 6.10. The van der Waals surface area contributed by atoms with Crippen molar-refractivity contribution < 1.29 is 45.1 Å². The van der Waals surface area contributed by atoms with Crippen LogP contribution in [0.25, 0.3) is 0 Å². The number of rotatable bonds is 9. The number of halogens is 6. The minimum Gasteiger partial charge on any atom is -0.497 e. The maximum absolute atomic E-state index is 14.7. The Morgan fingerprint density at radius 3 is 2.05 bits per heavy atom. The maximum Gasteiger partial charge on any atom is 0.421 e. The van der Waals surface area contributed by atoms with Crippen molar-refractivity contribution in [2.75, 3.05) is 12.4 Å². The molecule has 0 aliphatic carbocycles. The van der Waals surface area contributed by atoms with Gasteiger partial charge in [0.05, 0.1) is 19.9 Å². The van der Waals surface area contributed by atoms with Crippen LogP contribution in [0.1, 0.15) is 23.0 Å². The molecule has 0 fully saturated rings. The van der Waals surface area contributed by atoms with Crippen molar-refractivity contribution in [3.63, 3.8) is 0 Å². The third-order valence-electron chi connectivity index (χ3n) is 5.78. The molecular weight excluding hydrogens is 532 g/mol. The molecule has 1 aromatic heterocycles. The van der Waals surface area contributed by atoms with Crippen molar-refractivity contribution in [3.8, 4) is 5.75 Å². The summed E-state index contributed by atoms with van der Waals surface area (Å²) in [7, 11) is 1.29. The SMILES string of the molecule is COc1ccc(C(=O)NC([C@@H](C(=O)Nc2ccccc2)C(C)=NCc2ccco2)(C(F)(F)F)C(F)(F)F)cc1. The monoisotopic (exact) mass is 555 g/mol. The molecule has 0 radical (unpaired) electrons. The predicted molar refractivity (Wildman–Crippen MR) is 129 cm³/mol. The van der Waals surface area contributed by atoms with Crippen molar-refractivity contribution in [1.29, 1.82) is 0 Å². The number of nitrogens with zero attached hydrogens (tertiary/aromatic N) is 1. The molecule has 3 rings (SSSR count). The van der Waals surface area contributed by atoms with E-state index >= 15 is 0 Å². The number of hydrogen-bond acceptors (Lipinski definition) is 5. The van der Waals surface area contributed by atoms with E-state index in [0.717, 1.165) is 24.4 Å². The number of aliphatic imine (C=N–C) groups is 1. The Labute approximate surface area is 218 Å². The summed E-state index contributed by atoms with van der Waals surface area (Å²) >= 11 is 0. The minimum atomic E-state index is -6.20. The van der Waals surface area contributed by atoms with Gasteiger partial charge in [0.25, 0.3) is 5.91 Å². The van der Waals surface area contributed by atoms with E-state index in [0.29, 0.717) is 0 Å². The number of ether oxygens (including phenoxy) is 1. The molecule has 0 saturated heterocycles. The Balaban J connectivity index is 2.18. The molecule has 3 aromatic rings. The second-order valence-corrected chi connectivity index (χ2v) is 8.31. The van der Waals surface area contributed by atoms with E-state index in [1.54, 1.807) is 0 Å². The first-order valence-corrected chi connectivity index (χ1v) is 11.3. The third kappa shape index (κ3) is 6.41. The average Bonchev–Trinajstić information content (AvgIpc) is 3.40. The lowest BCUT2D eigenvalue weighted by molar-refractivity contribution is -0.310. The number of alkyl halides is 6. The number of anilines is 1. The van der Waals surface area contributed by atoms with Crippen molar-refractivity contribution in [1.82, 2.24) is 5.32 Å². The highest BCUT2D eigenvalue weighted by Gasteiger charge is 2.77. The van der Waals surface area contributed by atoms with Gasteiger partial charge >= 0.3 is 12.4 Å². The molecule has 39 heavy (non-hydrogen) atoms. The molecule has 7 nitrogen and oxygen atoms in total. The predicted octanol–water partition coefficient (Wildman–Crippen LogP) is 5.80. The summed E-state index contributed by atoms with van der Waals surface area (Å²) in [6.45, 7) is 0.399. The topological polar surface area (TPSA) is 92.9 Å². The summed E-state index contributed by atoms with van der Waals surface area (Å²) in [5.74, 6) is -6.13. The minimum absolute atomic E-state index is 0.0638. The van der Waals surface area contributed by atoms with E-state index < -0.39 is 53.4 Å². The molecule has 208 valence electrons. The molecule has 0 bridgehead atoms. The first-order valence-electron chi connectivity index (χ1n) is 11.3. The lowest BCUT2D eigenvalue weighted by Gasteiger charge is -2.42. The van der Waals surface area contributed by atoms with E-state index in [1.165, 1.54) is 68.0 Å². The van der Waals surface area contributed by atoms with Crippen molar-refractivity contribution in [3.05, 3.63) is 84.3 Å². The number of para-hydroxylation sites is 1. The van der Waals surface area contributed by atoms with Gasteiger partial charge < -0.3 is 19.8 Å². The largest absolute Gasteiger partial charge is 0.497 e. The average molecular weight is 555 g/mol. The molecule has 1 atom stereocenters. The van der Waals surface area contributed by atoms with E-state index in [4.69, 9.17) is 9.15 Å². The van der Waals surface area contributed by atoms with Gasteiger partial charge in [-0.2, -0.15) is 26.3 Å². The van der Waals surface area contributed by atoms with Crippen LogP contribution in [0.5, 0.6) is 5.75 Å². The standard InChI is InChI=1S/C26H23F6N3O4/c1-16(33-15-20-9-6-14-39-20)21(23(37)34-18-7-4-3-5-8-18)24(25(27,28)29,26(30,31)32)35-22(36)17-10-12-19(38-2)13-11-17/h3-14,21H,15H2,1-2H3,(H,34,37)(H,35,36)/t21-/m1/s1. The van der Waals surface area contributed by atoms with Crippen molar-refractivity contribution in [2.24, 2.45) is 10.9 Å². The van der Waals surface area contributed by atoms with Crippen LogP contribution in [0.2, 0.25) is 0 Å². The zero-order chi connectivity index (χ0) is 28.8. The van der Waals surface area contributed by atoms with Crippen LogP contribution in [0, 0.1) is 5.92 Å². The van der Waals surface area contributed by atoms with Crippen LogP contribution in [-0.2, 0) is 11.3 Å². The van der Waals surface area contributed by atoms with Gasteiger partial charge in [0.15, 0.2) is 0 Å². The molecule has 1 heterocycles. The zero-order valence-corrected chi connectivity index (χ0v) is 20.6. The normalized spacial score (nSPS) is 13.5. The Hall–Kier alpha value is -4.29. The molecule has 2 aromatic carbocycles. The highest BCUT2D eigenvalue weighted by atomic mass is 19.4. The first-order chi connectivity index (χ1) is 18.3. The van der Waals surface area contributed by atoms with E-state index in [9.17, 15) is 35.9 Å². The van der Waals surface area contributed by atoms with Gasteiger partial charge in [-0.25, -0.2) is 0 Å². The van der Waals surface area contributed by atoms with Gasteiger partial charge in [-0.1, -0.05) is 18.2 Å². The summed E-state index contributed by atoms with van der Waals surface area (Å²) < 4.78 is 98.0. The van der Waals surface area contributed by atoms with E-state index in [-0.39, 0.29) is 17.2 Å². The second-order valence-electron chi connectivity index (χ2n) is 8.31. The Kier molecular flexibility index (Phi) is 8.72. The van der Waals surface area contributed by atoms with Crippen molar-refractivity contribution >= 4 is 23.2 Å². The highest BCUT2D eigenvalue weighted by Crippen LogP contribution is 2.49. The number of nitrogens with one attached hydrogen (secondary N) is 2. The van der Waals surface area contributed by atoms with E-state index in [1.807, 2.05) is 0 Å². The van der Waals surface area contributed by atoms with Crippen LogP contribution >= 0.6 is 0 Å². The van der Waals surface area contributed by atoms with Gasteiger partial charge in [0.2, 0.25) is 11.4 Å². The van der Waals surface area contributed by atoms with Gasteiger partial charge in [-0.3, -0.25) is 14.6 Å². The molecule has 0 aliphatic rings. The summed E-state index contributed by atoms with van der Waals surface area (Å²) in [5, 5.41) is 3.19. The fourth-order valence-corrected chi connectivity index (χ4v) is 3.83.